The van der Waals surface area contributed by atoms with Gasteiger partial charge in [0.25, 0.3) is 0 Å². The molecule has 5 nitrogen and oxygen atoms in total. The second kappa shape index (κ2) is 7.04. The zero-order valence-electron chi connectivity index (χ0n) is 12.8. The van der Waals surface area contributed by atoms with E-state index in [-0.39, 0.29) is 10.6 Å². The normalized spacial score (nSPS) is 13.0. The van der Waals surface area contributed by atoms with E-state index in [1.54, 1.807) is 6.92 Å². The Morgan fingerprint density at radius 1 is 1.25 bits per heavy atom. The molecule has 0 fully saturated rings. The topological polar surface area (TPSA) is 66.6 Å². The van der Waals surface area contributed by atoms with E-state index in [1.165, 1.54) is 17.4 Å². The second-order valence-corrected chi connectivity index (χ2v) is 7.03. The van der Waals surface area contributed by atoms with Gasteiger partial charge in [-0.3, -0.25) is 10.1 Å². The van der Waals surface area contributed by atoms with Crippen molar-refractivity contribution in [3.05, 3.63) is 21.1 Å². The lowest BCUT2D eigenvalue weighted by Crippen LogP contribution is -2.31. The van der Waals surface area contributed by atoms with E-state index in [0.717, 1.165) is 13.1 Å². The van der Waals surface area contributed by atoms with Crippen molar-refractivity contribution in [2.24, 2.45) is 11.8 Å². The van der Waals surface area contributed by atoms with E-state index in [4.69, 9.17) is 0 Å². The SMILES string of the molecule is CC(C)CN(CC(C)C)c1sc([C@H](C)O)cc1[N+](=O)[O-]. The van der Waals surface area contributed by atoms with Crippen molar-refractivity contribution < 1.29 is 10.0 Å². The van der Waals surface area contributed by atoms with Crippen molar-refractivity contribution in [3.63, 3.8) is 0 Å². The van der Waals surface area contributed by atoms with Gasteiger partial charge in [-0.2, -0.15) is 0 Å². The number of hydrogen-bond donors (Lipinski definition) is 1. The molecule has 1 rings (SSSR count). The maximum absolute atomic E-state index is 11.2. The van der Waals surface area contributed by atoms with E-state index in [9.17, 15) is 15.2 Å². The summed E-state index contributed by atoms with van der Waals surface area (Å²) in [4.78, 5) is 13.6. The Balaban J connectivity index is 3.19. The van der Waals surface area contributed by atoms with Gasteiger partial charge in [-0.1, -0.05) is 27.7 Å². The molecule has 1 aromatic rings. The van der Waals surface area contributed by atoms with Gasteiger partial charge in [0, 0.05) is 24.0 Å². The van der Waals surface area contributed by atoms with Crippen molar-refractivity contribution in [2.75, 3.05) is 18.0 Å². The third kappa shape index (κ3) is 4.45. The standard InChI is InChI=1S/C14H24N2O3S/c1-9(2)7-15(8-10(3)4)14-12(16(18)19)6-13(20-14)11(5)17/h6,9-11,17H,7-8H2,1-5H3/t11-/m0/s1. The summed E-state index contributed by atoms with van der Waals surface area (Å²) in [6, 6.07) is 1.50. The molecular weight excluding hydrogens is 276 g/mol. The summed E-state index contributed by atoms with van der Waals surface area (Å²) >= 11 is 1.32. The Kier molecular flexibility index (Phi) is 5.95. The summed E-state index contributed by atoms with van der Waals surface area (Å²) in [7, 11) is 0. The molecule has 0 bridgehead atoms. The van der Waals surface area contributed by atoms with Crippen molar-refractivity contribution in [3.8, 4) is 0 Å². The quantitative estimate of drug-likeness (QED) is 0.614. The van der Waals surface area contributed by atoms with E-state index in [2.05, 4.69) is 32.6 Å². The summed E-state index contributed by atoms with van der Waals surface area (Å²) in [5.74, 6) is 0.843. The number of rotatable bonds is 7. The third-order valence-electron chi connectivity index (χ3n) is 2.78. The highest BCUT2D eigenvalue weighted by molar-refractivity contribution is 7.16. The number of anilines is 1. The average Bonchev–Trinajstić information content (AvgIpc) is 2.71. The largest absolute Gasteiger partial charge is 0.388 e. The molecule has 0 unspecified atom stereocenters. The fourth-order valence-electron chi connectivity index (χ4n) is 2.07. The maximum atomic E-state index is 11.2. The number of hydrogen-bond acceptors (Lipinski definition) is 5. The molecule has 0 saturated carbocycles. The zero-order chi connectivity index (χ0) is 15.4. The summed E-state index contributed by atoms with van der Waals surface area (Å²) in [6.45, 7) is 11.6. The lowest BCUT2D eigenvalue weighted by molar-refractivity contribution is -0.383. The average molecular weight is 300 g/mol. The first-order chi connectivity index (χ1) is 9.22. The maximum Gasteiger partial charge on any atom is 0.304 e. The second-order valence-electron chi connectivity index (χ2n) is 5.96. The van der Waals surface area contributed by atoms with Crippen LogP contribution >= 0.6 is 11.3 Å². The lowest BCUT2D eigenvalue weighted by Gasteiger charge is -2.26. The van der Waals surface area contributed by atoms with Gasteiger partial charge in [0.05, 0.1) is 11.0 Å². The van der Waals surface area contributed by atoms with Crippen LogP contribution in [0, 0.1) is 22.0 Å². The monoisotopic (exact) mass is 300 g/mol. The van der Waals surface area contributed by atoms with E-state index in [0.29, 0.717) is 21.7 Å². The van der Waals surface area contributed by atoms with Gasteiger partial charge in [-0.15, -0.1) is 11.3 Å². The van der Waals surface area contributed by atoms with Crippen LogP contribution in [0.5, 0.6) is 0 Å². The minimum atomic E-state index is -0.674. The molecule has 114 valence electrons. The molecule has 1 N–H and O–H groups in total. The Morgan fingerprint density at radius 2 is 1.75 bits per heavy atom. The number of aliphatic hydroxyl groups is 1. The fourth-order valence-corrected chi connectivity index (χ4v) is 3.16. The third-order valence-corrected chi connectivity index (χ3v) is 4.13. The smallest absolute Gasteiger partial charge is 0.304 e. The van der Waals surface area contributed by atoms with Gasteiger partial charge in [-0.05, 0) is 18.8 Å². The summed E-state index contributed by atoms with van der Waals surface area (Å²) < 4.78 is 0. The highest BCUT2D eigenvalue weighted by Gasteiger charge is 2.26. The van der Waals surface area contributed by atoms with Crippen LogP contribution in [0.25, 0.3) is 0 Å². The number of nitro groups is 1. The van der Waals surface area contributed by atoms with E-state index in [1.807, 2.05) is 0 Å². The Morgan fingerprint density at radius 3 is 2.10 bits per heavy atom. The van der Waals surface area contributed by atoms with Gasteiger partial charge >= 0.3 is 5.69 Å². The molecule has 0 aliphatic rings. The highest BCUT2D eigenvalue weighted by Crippen LogP contribution is 2.40. The first-order valence-electron chi connectivity index (χ1n) is 6.93. The van der Waals surface area contributed by atoms with E-state index < -0.39 is 6.10 Å². The lowest BCUT2D eigenvalue weighted by atomic mass is 10.1. The zero-order valence-corrected chi connectivity index (χ0v) is 13.6. The van der Waals surface area contributed by atoms with Crippen LogP contribution in [-0.4, -0.2) is 23.1 Å². The highest BCUT2D eigenvalue weighted by atomic mass is 32.1. The molecule has 0 aliphatic carbocycles. The predicted molar refractivity (Wildman–Crippen MR) is 83.5 cm³/mol. The molecule has 1 atom stereocenters. The van der Waals surface area contributed by atoms with Crippen LogP contribution in [0.3, 0.4) is 0 Å². The van der Waals surface area contributed by atoms with Crippen molar-refractivity contribution in [2.45, 2.75) is 40.7 Å². The molecular formula is C14H24N2O3S. The van der Waals surface area contributed by atoms with Gasteiger partial charge in [0.1, 0.15) is 0 Å². The molecule has 0 aromatic carbocycles. The minimum Gasteiger partial charge on any atom is -0.388 e. The molecule has 0 radical (unpaired) electrons. The first-order valence-corrected chi connectivity index (χ1v) is 7.75. The Hall–Kier alpha value is -1.14. The van der Waals surface area contributed by atoms with Crippen LogP contribution in [-0.2, 0) is 0 Å². The molecule has 20 heavy (non-hydrogen) atoms. The van der Waals surface area contributed by atoms with Gasteiger partial charge in [0.2, 0.25) is 0 Å². The van der Waals surface area contributed by atoms with Crippen LogP contribution in [0.2, 0.25) is 0 Å². The number of thiophene rings is 1. The van der Waals surface area contributed by atoms with Crippen molar-refractivity contribution >= 4 is 22.0 Å². The number of aliphatic hydroxyl groups excluding tert-OH is 1. The molecule has 0 spiro atoms. The molecule has 6 heteroatoms. The van der Waals surface area contributed by atoms with Gasteiger partial charge < -0.3 is 10.0 Å². The van der Waals surface area contributed by atoms with Crippen molar-refractivity contribution in [1.82, 2.24) is 0 Å². The molecule has 1 heterocycles. The van der Waals surface area contributed by atoms with Gasteiger partial charge in [0.15, 0.2) is 5.00 Å². The Bertz CT molecular complexity index is 445. The first kappa shape index (κ1) is 16.9. The summed E-state index contributed by atoms with van der Waals surface area (Å²) in [5, 5.41) is 21.6. The predicted octanol–water partition coefficient (Wildman–Crippen LogP) is 3.83. The molecule has 0 aliphatic heterocycles. The minimum absolute atomic E-state index is 0.104. The van der Waals surface area contributed by atoms with Crippen LogP contribution in [0.15, 0.2) is 6.07 Å². The van der Waals surface area contributed by atoms with E-state index >= 15 is 0 Å². The van der Waals surface area contributed by atoms with Crippen LogP contribution < -0.4 is 4.90 Å². The van der Waals surface area contributed by atoms with Gasteiger partial charge in [-0.25, -0.2) is 0 Å². The summed E-state index contributed by atoms with van der Waals surface area (Å²) in [5.41, 5.74) is 0.104. The molecule has 0 amide bonds. The Labute approximate surface area is 124 Å². The molecule has 0 saturated heterocycles. The number of nitrogens with zero attached hydrogens (tertiary/aromatic N) is 2. The van der Waals surface area contributed by atoms with Crippen molar-refractivity contribution in [1.29, 1.82) is 0 Å². The van der Waals surface area contributed by atoms with Crippen LogP contribution in [0.1, 0.15) is 45.6 Å². The molecule has 1 aromatic heterocycles. The summed E-state index contributed by atoms with van der Waals surface area (Å²) in [6.07, 6.45) is -0.674. The fraction of sp³-hybridized carbons (Fsp3) is 0.714. The van der Waals surface area contributed by atoms with Crippen LogP contribution in [0.4, 0.5) is 10.7 Å².